The quantitative estimate of drug-likeness (QED) is 0.552. The first kappa shape index (κ1) is 20.8. The van der Waals surface area contributed by atoms with Crippen molar-refractivity contribution in [1.82, 2.24) is 9.80 Å². The number of nitrogens with zero attached hydrogens (tertiary/aromatic N) is 2. The van der Waals surface area contributed by atoms with Crippen molar-refractivity contribution in [3.8, 4) is 0 Å². The smallest absolute Gasteiger partial charge is 0.261 e. The number of amides is 2. The molecule has 1 atom stereocenters. The summed E-state index contributed by atoms with van der Waals surface area (Å²) >= 11 is 0. The fourth-order valence-corrected chi connectivity index (χ4v) is 5.50. The van der Waals surface area contributed by atoms with Gasteiger partial charge in [-0.1, -0.05) is 66.7 Å². The number of carbonyl (C=O) groups excluding carboxylic acids is 3. The first-order chi connectivity index (χ1) is 16.6. The van der Waals surface area contributed by atoms with E-state index in [1.165, 1.54) is 16.0 Å². The van der Waals surface area contributed by atoms with Gasteiger partial charge in [-0.05, 0) is 47.2 Å². The third kappa shape index (κ3) is 3.32. The summed E-state index contributed by atoms with van der Waals surface area (Å²) in [6.45, 7) is 1.18. The van der Waals surface area contributed by atoms with E-state index in [4.69, 9.17) is 0 Å². The van der Waals surface area contributed by atoms with Crippen LogP contribution in [0.3, 0.4) is 0 Å². The van der Waals surface area contributed by atoms with Crippen LogP contribution < -0.4 is 0 Å². The Labute approximate surface area is 198 Å². The van der Waals surface area contributed by atoms with E-state index in [0.717, 1.165) is 29.5 Å². The fourth-order valence-electron chi connectivity index (χ4n) is 5.50. The van der Waals surface area contributed by atoms with Crippen molar-refractivity contribution in [2.45, 2.75) is 18.9 Å². The molecule has 0 saturated heterocycles. The van der Waals surface area contributed by atoms with Crippen LogP contribution in [0.2, 0.25) is 0 Å². The Morgan fingerprint density at radius 1 is 0.794 bits per heavy atom. The summed E-state index contributed by atoms with van der Waals surface area (Å²) in [6, 6.07) is 22.9. The van der Waals surface area contributed by atoms with E-state index in [1.807, 2.05) is 36.4 Å². The van der Waals surface area contributed by atoms with Crippen LogP contribution in [0.15, 0.2) is 78.9 Å². The Bertz CT molecular complexity index is 1340. The minimum Gasteiger partial charge on any atom is -0.293 e. The van der Waals surface area contributed by atoms with E-state index in [2.05, 4.69) is 23.1 Å². The molecule has 1 unspecified atom stereocenters. The first-order valence-corrected chi connectivity index (χ1v) is 11.7. The molecule has 0 fully saturated rings. The number of carbonyl (C=O) groups is 3. The highest BCUT2D eigenvalue weighted by atomic mass is 16.2. The Morgan fingerprint density at radius 2 is 1.41 bits per heavy atom. The standard InChI is InChI=1S/C29H24N2O3/c32-27(23-14-13-19-7-1-3-9-21(19)23)18-30-16-15-20-8-2-4-10-22(20)26(30)17-31-28(33)24-11-5-6-12-25(24)29(31)34/h1-12,14,26H,13,15-18H2. The lowest BCUT2D eigenvalue weighted by molar-refractivity contribution is -0.115. The van der Waals surface area contributed by atoms with Gasteiger partial charge in [0.2, 0.25) is 0 Å². The second-order valence-electron chi connectivity index (χ2n) is 9.10. The number of fused-ring (bicyclic) bond motifs is 3. The van der Waals surface area contributed by atoms with Crippen molar-refractivity contribution in [2.75, 3.05) is 19.6 Å². The van der Waals surface area contributed by atoms with Gasteiger partial charge < -0.3 is 0 Å². The molecule has 6 rings (SSSR count). The first-order valence-electron chi connectivity index (χ1n) is 11.7. The molecular weight excluding hydrogens is 424 g/mol. The molecule has 5 heteroatoms. The van der Waals surface area contributed by atoms with Gasteiger partial charge in [-0.15, -0.1) is 0 Å². The van der Waals surface area contributed by atoms with Gasteiger partial charge in [0.1, 0.15) is 0 Å². The predicted octanol–water partition coefficient (Wildman–Crippen LogP) is 4.09. The van der Waals surface area contributed by atoms with Gasteiger partial charge in [0, 0.05) is 18.7 Å². The molecule has 168 valence electrons. The number of rotatable bonds is 5. The SMILES string of the molecule is O=C(CN1CCc2ccccc2C1CN1C(=O)c2ccccc2C1=O)C1=CCc2ccccc21. The fraction of sp³-hybridized carbons (Fsp3) is 0.207. The van der Waals surface area contributed by atoms with Gasteiger partial charge in [-0.2, -0.15) is 0 Å². The maximum absolute atomic E-state index is 13.4. The van der Waals surface area contributed by atoms with E-state index in [1.54, 1.807) is 24.3 Å². The molecule has 0 bridgehead atoms. The largest absolute Gasteiger partial charge is 0.293 e. The zero-order chi connectivity index (χ0) is 23.2. The average molecular weight is 449 g/mol. The number of allylic oxidation sites excluding steroid dienone is 1. The van der Waals surface area contributed by atoms with Crippen molar-refractivity contribution in [3.05, 3.63) is 112 Å². The zero-order valence-corrected chi connectivity index (χ0v) is 18.7. The Morgan fingerprint density at radius 3 is 2.15 bits per heavy atom. The molecule has 0 spiro atoms. The molecule has 0 radical (unpaired) electrons. The van der Waals surface area contributed by atoms with Crippen LogP contribution in [-0.4, -0.2) is 47.0 Å². The molecule has 2 aliphatic heterocycles. The molecule has 2 amide bonds. The highest BCUT2D eigenvalue weighted by molar-refractivity contribution is 6.23. The van der Waals surface area contributed by atoms with Gasteiger partial charge in [-0.3, -0.25) is 24.2 Å². The predicted molar refractivity (Wildman–Crippen MR) is 129 cm³/mol. The molecule has 3 aliphatic rings. The normalized spacial score (nSPS) is 19.0. The topological polar surface area (TPSA) is 57.7 Å². The lowest BCUT2D eigenvalue weighted by Gasteiger charge is -2.38. The molecular formula is C29H24N2O3. The summed E-state index contributed by atoms with van der Waals surface area (Å²) in [5.74, 6) is -0.443. The molecule has 2 heterocycles. The summed E-state index contributed by atoms with van der Waals surface area (Å²) in [6.07, 6.45) is 3.63. The number of hydrogen-bond acceptors (Lipinski definition) is 4. The minimum atomic E-state index is -0.262. The highest BCUT2D eigenvalue weighted by Crippen LogP contribution is 2.34. The lowest BCUT2D eigenvalue weighted by atomic mass is 9.91. The second kappa shape index (κ2) is 8.19. The average Bonchev–Trinajstić information content (AvgIpc) is 3.41. The van der Waals surface area contributed by atoms with Crippen LogP contribution in [0, 0.1) is 0 Å². The van der Waals surface area contributed by atoms with Crippen molar-refractivity contribution in [3.63, 3.8) is 0 Å². The summed E-state index contributed by atoms with van der Waals surface area (Å²) in [4.78, 5) is 43.1. The van der Waals surface area contributed by atoms with E-state index in [-0.39, 0.29) is 36.7 Å². The Hall–Kier alpha value is -3.83. The summed E-state index contributed by atoms with van der Waals surface area (Å²) in [5, 5.41) is 0. The second-order valence-corrected chi connectivity index (χ2v) is 9.10. The lowest BCUT2D eigenvalue weighted by Crippen LogP contribution is -2.45. The number of imide groups is 1. The molecule has 3 aromatic rings. The van der Waals surface area contributed by atoms with Crippen LogP contribution in [0.5, 0.6) is 0 Å². The molecule has 0 aromatic heterocycles. The molecule has 0 saturated carbocycles. The summed E-state index contributed by atoms with van der Waals surface area (Å²) in [7, 11) is 0. The van der Waals surface area contributed by atoms with Crippen LogP contribution >= 0.6 is 0 Å². The van der Waals surface area contributed by atoms with Crippen LogP contribution in [0.25, 0.3) is 5.57 Å². The maximum atomic E-state index is 13.4. The maximum Gasteiger partial charge on any atom is 0.261 e. The highest BCUT2D eigenvalue weighted by Gasteiger charge is 2.39. The Balaban J connectivity index is 1.30. The molecule has 3 aromatic carbocycles. The summed E-state index contributed by atoms with van der Waals surface area (Å²) in [5.41, 5.74) is 6.16. The molecule has 1 aliphatic carbocycles. The van der Waals surface area contributed by atoms with Gasteiger partial charge in [0.15, 0.2) is 5.78 Å². The van der Waals surface area contributed by atoms with E-state index in [9.17, 15) is 14.4 Å². The molecule has 34 heavy (non-hydrogen) atoms. The van der Waals surface area contributed by atoms with Crippen molar-refractivity contribution < 1.29 is 14.4 Å². The Kier molecular flexibility index (Phi) is 5.00. The van der Waals surface area contributed by atoms with Crippen LogP contribution in [0.4, 0.5) is 0 Å². The van der Waals surface area contributed by atoms with Crippen molar-refractivity contribution in [1.29, 1.82) is 0 Å². The van der Waals surface area contributed by atoms with E-state index >= 15 is 0 Å². The minimum absolute atomic E-state index is 0.0803. The third-order valence-corrected chi connectivity index (χ3v) is 7.24. The van der Waals surface area contributed by atoms with Gasteiger partial charge in [-0.25, -0.2) is 0 Å². The van der Waals surface area contributed by atoms with Crippen molar-refractivity contribution >= 4 is 23.2 Å². The van der Waals surface area contributed by atoms with E-state index in [0.29, 0.717) is 17.7 Å². The molecule has 0 N–H and O–H groups in total. The monoisotopic (exact) mass is 448 g/mol. The number of Topliss-reactive ketones (excluding diaryl/α,β-unsaturated/α-hetero) is 1. The van der Waals surface area contributed by atoms with Crippen molar-refractivity contribution in [2.24, 2.45) is 0 Å². The van der Waals surface area contributed by atoms with Crippen LogP contribution in [-0.2, 0) is 17.6 Å². The third-order valence-electron chi connectivity index (χ3n) is 7.24. The zero-order valence-electron chi connectivity index (χ0n) is 18.7. The molecule has 5 nitrogen and oxygen atoms in total. The van der Waals surface area contributed by atoms with Gasteiger partial charge in [0.25, 0.3) is 11.8 Å². The number of ketones is 1. The van der Waals surface area contributed by atoms with E-state index < -0.39 is 0 Å². The number of hydrogen-bond donors (Lipinski definition) is 0. The van der Waals surface area contributed by atoms with Gasteiger partial charge in [0.05, 0.1) is 23.7 Å². The van der Waals surface area contributed by atoms with Gasteiger partial charge >= 0.3 is 0 Å². The number of benzene rings is 3. The summed E-state index contributed by atoms with van der Waals surface area (Å²) < 4.78 is 0. The van der Waals surface area contributed by atoms with Crippen LogP contribution in [0.1, 0.15) is 49.0 Å².